The first kappa shape index (κ1) is 16.6. The maximum atomic E-state index is 11.9. The van der Waals surface area contributed by atoms with Crippen LogP contribution in [0.2, 0.25) is 0 Å². The second-order valence-corrected chi connectivity index (χ2v) is 6.28. The summed E-state index contributed by atoms with van der Waals surface area (Å²) in [4.78, 5) is 16.2. The third-order valence-corrected chi connectivity index (χ3v) is 3.02. The highest BCUT2D eigenvalue weighted by atomic mass is 16.5. The molecule has 6 nitrogen and oxygen atoms in total. The van der Waals surface area contributed by atoms with Gasteiger partial charge in [0.15, 0.2) is 0 Å². The average molecular weight is 284 g/mol. The van der Waals surface area contributed by atoms with Crippen LogP contribution in [0.5, 0.6) is 0 Å². The van der Waals surface area contributed by atoms with Crippen molar-refractivity contribution in [3.63, 3.8) is 0 Å². The molecule has 0 N–H and O–H groups in total. The molecule has 0 spiro atoms. The minimum absolute atomic E-state index is 0.177. The van der Waals surface area contributed by atoms with E-state index in [0.717, 1.165) is 0 Å². The van der Waals surface area contributed by atoms with Gasteiger partial charge in [-0.05, 0) is 26.2 Å². The molecule has 1 aromatic rings. The Morgan fingerprint density at radius 2 is 1.90 bits per heavy atom. The second-order valence-electron chi connectivity index (χ2n) is 6.28. The Labute approximate surface area is 119 Å². The molecule has 6 heteroatoms. The first-order valence-electron chi connectivity index (χ1n) is 6.68. The van der Waals surface area contributed by atoms with Crippen molar-refractivity contribution < 1.29 is 18.8 Å². The molecule has 1 rings (SSSR count). The van der Waals surface area contributed by atoms with Gasteiger partial charge in [-0.3, -0.25) is 4.79 Å². The Hall–Kier alpha value is -1.43. The van der Waals surface area contributed by atoms with Gasteiger partial charge >= 0.3 is 5.97 Å². The third kappa shape index (κ3) is 3.36. The van der Waals surface area contributed by atoms with Crippen LogP contribution in [-0.4, -0.2) is 29.8 Å². The quantitative estimate of drug-likeness (QED) is 0.774. The number of rotatable bonds is 5. The second kappa shape index (κ2) is 5.91. The van der Waals surface area contributed by atoms with Gasteiger partial charge in [-0.25, -0.2) is 0 Å². The van der Waals surface area contributed by atoms with Gasteiger partial charge in [-0.2, -0.15) is 4.98 Å². The van der Waals surface area contributed by atoms with Crippen LogP contribution in [0, 0.1) is 5.41 Å². The van der Waals surface area contributed by atoms with E-state index in [1.807, 2.05) is 20.8 Å². The number of ether oxygens (including phenoxy) is 2. The summed E-state index contributed by atoms with van der Waals surface area (Å²) >= 11 is 0. The summed E-state index contributed by atoms with van der Waals surface area (Å²) in [6.45, 7) is 11.5. The van der Waals surface area contributed by atoms with Crippen LogP contribution >= 0.6 is 0 Å². The van der Waals surface area contributed by atoms with Crippen molar-refractivity contribution in [2.75, 3.05) is 13.7 Å². The molecule has 1 atom stereocenters. The number of hydrogen-bond acceptors (Lipinski definition) is 6. The highest BCUT2D eigenvalue weighted by Crippen LogP contribution is 2.35. The van der Waals surface area contributed by atoms with Crippen LogP contribution in [0.1, 0.15) is 59.4 Å². The van der Waals surface area contributed by atoms with Gasteiger partial charge in [-0.15, -0.1) is 0 Å². The van der Waals surface area contributed by atoms with Crippen molar-refractivity contribution in [2.24, 2.45) is 5.41 Å². The predicted octanol–water partition coefficient (Wildman–Crippen LogP) is 2.64. The van der Waals surface area contributed by atoms with Crippen LogP contribution in [-0.2, 0) is 19.7 Å². The third-order valence-electron chi connectivity index (χ3n) is 3.02. The molecule has 0 saturated carbocycles. The van der Waals surface area contributed by atoms with Gasteiger partial charge < -0.3 is 14.0 Å². The van der Waals surface area contributed by atoms with Crippen molar-refractivity contribution in [3.8, 4) is 0 Å². The molecular weight excluding hydrogens is 260 g/mol. The average Bonchev–Trinajstić information content (AvgIpc) is 2.78. The fourth-order valence-corrected chi connectivity index (χ4v) is 1.84. The van der Waals surface area contributed by atoms with Crippen LogP contribution < -0.4 is 0 Å². The summed E-state index contributed by atoms with van der Waals surface area (Å²) in [5, 5.41) is 3.94. The molecule has 0 amide bonds. The summed E-state index contributed by atoms with van der Waals surface area (Å²) in [5.41, 5.74) is -1.15. The highest BCUT2D eigenvalue weighted by Gasteiger charge is 2.39. The smallest absolute Gasteiger partial charge is 0.321 e. The molecule has 0 saturated heterocycles. The molecule has 1 aromatic heterocycles. The van der Waals surface area contributed by atoms with E-state index >= 15 is 0 Å². The number of aromatic nitrogens is 2. The molecule has 114 valence electrons. The lowest BCUT2D eigenvalue weighted by Crippen LogP contribution is -2.31. The zero-order valence-corrected chi connectivity index (χ0v) is 13.3. The zero-order chi connectivity index (χ0) is 15.6. The molecule has 0 radical (unpaired) electrons. The minimum atomic E-state index is -0.975. The SMILES string of the molecule is CCOC(=O)C(C)(C)c1nc(C(OC)C(C)(C)C)no1. The van der Waals surface area contributed by atoms with Crippen molar-refractivity contribution in [1.29, 1.82) is 0 Å². The summed E-state index contributed by atoms with van der Waals surface area (Å²) in [6.07, 6.45) is -0.307. The van der Waals surface area contributed by atoms with Crippen LogP contribution in [0.3, 0.4) is 0 Å². The van der Waals surface area contributed by atoms with Gasteiger partial charge in [0.25, 0.3) is 0 Å². The standard InChI is InChI=1S/C14H24N2O4/c1-8-19-12(17)14(5,6)11-15-10(16-20-11)9(18-7)13(2,3)4/h9H,8H2,1-7H3. The Morgan fingerprint density at radius 1 is 1.30 bits per heavy atom. The molecule has 1 heterocycles. The van der Waals surface area contributed by atoms with Crippen molar-refractivity contribution >= 4 is 5.97 Å². The van der Waals surface area contributed by atoms with Crippen molar-refractivity contribution in [3.05, 3.63) is 11.7 Å². The maximum absolute atomic E-state index is 11.9. The van der Waals surface area contributed by atoms with E-state index in [4.69, 9.17) is 14.0 Å². The minimum Gasteiger partial charge on any atom is -0.465 e. The van der Waals surface area contributed by atoms with Gasteiger partial charge in [-0.1, -0.05) is 25.9 Å². The largest absolute Gasteiger partial charge is 0.465 e. The van der Waals surface area contributed by atoms with Crippen LogP contribution in [0.4, 0.5) is 0 Å². The molecule has 0 fully saturated rings. The van der Waals surface area contributed by atoms with Gasteiger partial charge in [0.2, 0.25) is 11.7 Å². The molecule has 0 aliphatic rings. The summed E-state index contributed by atoms with van der Waals surface area (Å²) in [7, 11) is 1.60. The Kier molecular flexibility index (Phi) is 4.91. The fraction of sp³-hybridized carbons (Fsp3) is 0.786. The fourth-order valence-electron chi connectivity index (χ4n) is 1.84. The number of esters is 1. The predicted molar refractivity (Wildman–Crippen MR) is 73.2 cm³/mol. The Morgan fingerprint density at radius 3 is 2.35 bits per heavy atom. The lowest BCUT2D eigenvalue weighted by atomic mass is 9.88. The van der Waals surface area contributed by atoms with Gasteiger partial charge in [0.05, 0.1) is 6.61 Å². The Bertz CT molecular complexity index is 460. The van der Waals surface area contributed by atoms with Crippen LogP contribution in [0.25, 0.3) is 0 Å². The molecule has 0 bridgehead atoms. The molecule has 1 unspecified atom stereocenters. The van der Waals surface area contributed by atoms with Crippen LogP contribution in [0.15, 0.2) is 4.52 Å². The first-order chi connectivity index (χ1) is 9.14. The van der Waals surface area contributed by atoms with E-state index in [9.17, 15) is 4.79 Å². The van der Waals surface area contributed by atoms with E-state index in [-0.39, 0.29) is 23.4 Å². The number of methoxy groups -OCH3 is 1. The van der Waals surface area contributed by atoms with E-state index in [1.54, 1.807) is 27.9 Å². The maximum Gasteiger partial charge on any atom is 0.321 e. The van der Waals surface area contributed by atoms with E-state index < -0.39 is 5.41 Å². The lowest BCUT2D eigenvalue weighted by molar-refractivity contribution is -0.149. The molecule has 20 heavy (non-hydrogen) atoms. The molecule has 0 aromatic carbocycles. The summed E-state index contributed by atoms with van der Waals surface area (Å²) < 4.78 is 15.7. The van der Waals surface area contributed by atoms with Gasteiger partial charge in [0.1, 0.15) is 11.5 Å². The van der Waals surface area contributed by atoms with E-state index in [0.29, 0.717) is 12.4 Å². The van der Waals surface area contributed by atoms with Crippen molar-refractivity contribution in [1.82, 2.24) is 10.1 Å². The van der Waals surface area contributed by atoms with Crippen molar-refractivity contribution in [2.45, 2.75) is 53.1 Å². The molecular formula is C14H24N2O4. The molecule has 0 aliphatic carbocycles. The zero-order valence-electron chi connectivity index (χ0n) is 13.3. The topological polar surface area (TPSA) is 74.5 Å². The number of hydrogen-bond donors (Lipinski definition) is 0. The lowest BCUT2D eigenvalue weighted by Gasteiger charge is -2.26. The van der Waals surface area contributed by atoms with Gasteiger partial charge in [0, 0.05) is 7.11 Å². The Balaban J connectivity index is 3.05. The summed E-state index contributed by atoms with van der Waals surface area (Å²) in [5.74, 6) is 0.282. The normalized spacial score (nSPS) is 14.2. The number of nitrogens with zero attached hydrogens (tertiary/aromatic N) is 2. The first-order valence-corrected chi connectivity index (χ1v) is 6.68. The summed E-state index contributed by atoms with van der Waals surface area (Å²) in [6, 6.07) is 0. The number of carbonyl (C=O) groups excluding carboxylic acids is 1. The number of carbonyl (C=O) groups is 1. The highest BCUT2D eigenvalue weighted by molar-refractivity contribution is 5.80. The van der Waals surface area contributed by atoms with E-state index in [2.05, 4.69) is 10.1 Å². The van der Waals surface area contributed by atoms with E-state index in [1.165, 1.54) is 0 Å². The molecule has 0 aliphatic heterocycles. The monoisotopic (exact) mass is 284 g/mol.